The minimum absolute atomic E-state index is 0. The zero-order valence-corrected chi connectivity index (χ0v) is 11.4. The number of halogens is 1. The molecule has 0 aliphatic carbocycles. The Labute approximate surface area is 113 Å². The molecule has 104 valence electrons. The third-order valence-corrected chi connectivity index (χ3v) is 4.03. The lowest BCUT2D eigenvalue weighted by atomic mass is 9.95. The molecule has 6 heteroatoms. The van der Waals surface area contributed by atoms with Crippen LogP contribution in [0.1, 0.15) is 26.2 Å². The second-order valence-electron chi connectivity index (χ2n) is 5.23. The van der Waals surface area contributed by atoms with Crippen molar-refractivity contribution >= 4 is 18.3 Å². The molecule has 3 heterocycles. The van der Waals surface area contributed by atoms with E-state index in [9.17, 15) is 4.79 Å². The number of ether oxygens (including phenoxy) is 2. The second kappa shape index (κ2) is 5.74. The van der Waals surface area contributed by atoms with Crippen molar-refractivity contribution in [3.8, 4) is 0 Å². The molecule has 18 heavy (non-hydrogen) atoms. The highest BCUT2D eigenvalue weighted by Crippen LogP contribution is 2.34. The van der Waals surface area contributed by atoms with Gasteiger partial charge in [-0.25, -0.2) is 0 Å². The Morgan fingerprint density at radius 3 is 2.83 bits per heavy atom. The molecule has 5 nitrogen and oxygen atoms in total. The summed E-state index contributed by atoms with van der Waals surface area (Å²) in [6, 6.07) is -0.0138. The second-order valence-corrected chi connectivity index (χ2v) is 5.23. The lowest BCUT2D eigenvalue weighted by Crippen LogP contribution is -2.58. The van der Waals surface area contributed by atoms with Gasteiger partial charge in [-0.1, -0.05) is 0 Å². The number of nitrogens with one attached hydrogen (secondary N) is 2. The lowest BCUT2D eigenvalue weighted by Gasteiger charge is -2.31. The number of rotatable bonds is 2. The molecule has 0 unspecified atom stereocenters. The molecular formula is C12H21ClN2O3. The summed E-state index contributed by atoms with van der Waals surface area (Å²) in [4.78, 5) is 12.1. The Kier molecular flexibility index (Phi) is 4.48. The number of amides is 1. The van der Waals surface area contributed by atoms with Gasteiger partial charge in [0.25, 0.3) is 0 Å². The van der Waals surface area contributed by atoms with Crippen LogP contribution in [0.5, 0.6) is 0 Å². The van der Waals surface area contributed by atoms with E-state index in [4.69, 9.17) is 9.47 Å². The molecule has 2 N–H and O–H groups in total. The number of carbonyl (C=O) groups is 1. The molecule has 0 aromatic rings. The molecular weight excluding hydrogens is 256 g/mol. The van der Waals surface area contributed by atoms with Crippen molar-refractivity contribution in [2.45, 2.75) is 56.6 Å². The van der Waals surface area contributed by atoms with Crippen molar-refractivity contribution in [2.24, 2.45) is 0 Å². The standard InChI is InChI=1S/C12H20N2O3.ClH/c1-7-11(13-4-5-16-7)12(15)14-9-6-8-2-3-10(9)17-8;/h7-11,13H,2-6H2,1H3,(H,14,15);1H/t7-,8-,9-,10+,11+;/m1./s1. The number of morpholine rings is 1. The third kappa shape index (κ3) is 2.64. The maximum atomic E-state index is 12.1. The molecule has 0 aromatic heterocycles. The Balaban J connectivity index is 0.00000120. The van der Waals surface area contributed by atoms with Crippen LogP contribution in [-0.4, -0.2) is 49.5 Å². The topological polar surface area (TPSA) is 59.6 Å². The highest BCUT2D eigenvalue weighted by atomic mass is 35.5. The lowest BCUT2D eigenvalue weighted by molar-refractivity contribution is -0.130. The van der Waals surface area contributed by atoms with Gasteiger partial charge in [0.1, 0.15) is 6.04 Å². The summed E-state index contributed by atoms with van der Waals surface area (Å²) < 4.78 is 11.2. The van der Waals surface area contributed by atoms with Gasteiger partial charge in [0.2, 0.25) is 5.91 Å². The average Bonchev–Trinajstić information content (AvgIpc) is 2.91. The molecule has 3 fully saturated rings. The predicted octanol–water partition coefficient (Wildman–Crippen LogP) is 0.221. The van der Waals surface area contributed by atoms with E-state index >= 15 is 0 Å². The van der Waals surface area contributed by atoms with Crippen LogP contribution in [0.2, 0.25) is 0 Å². The summed E-state index contributed by atoms with van der Waals surface area (Å²) in [6.07, 6.45) is 3.77. The van der Waals surface area contributed by atoms with Crippen molar-refractivity contribution in [2.75, 3.05) is 13.2 Å². The first kappa shape index (κ1) is 14.1. The molecule has 0 aromatic carbocycles. The van der Waals surface area contributed by atoms with Crippen LogP contribution in [0, 0.1) is 0 Å². The van der Waals surface area contributed by atoms with Crippen molar-refractivity contribution in [1.82, 2.24) is 10.6 Å². The first-order valence-corrected chi connectivity index (χ1v) is 6.55. The van der Waals surface area contributed by atoms with E-state index < -0.39 is 0 Å². The molecule has 0 spiro atoms. The SMILES string of the molecule is C[C@H]1OCCN[C@@H]1C(=O)N[C@@H]1C[C@H]2CC[C@@H]1O2.Cl. The van der Waals surface area contributed by atoms with E-state index in [1.54, 1.807) is 0 Å². The van der Waals surface area contributed by atoms with E-state index in [1.807, 2.05) is 6.92 Å². The first-order valence-electron chi connectivity index (χ1n) is 6.55. The third-order valence-electron chi connectivity index (χ3n) is 4.03. The number of fused-ring (bicyclic) bond motifs is 2. The Morgan fingerprint density at radius 2 is 2.22 bits per heavy atom. The van der Waals surface area contributed by atoms with Gasteiger partial charge in [0, 0.05) is 6.54 Å². The van der Waals surface area contributed by atoms with E-state index in [1.165, 1.54) is 0 Å². The van der Waals surface area contributed by atoms with Gasteiger partial charge < -0.3 is 20.1 Å². The summed E-state index contributed by atoms with van der Waals surface area (Å²) in [6.45, 7) is 3.37. The van der Waals surface area contributed by atoms with Gasteiger partial charge in [-0.2, -0.15) is 0 Å². The van der Waals surface area contributed by atoms with Crippen molar-refractivity contribution in [1.29, 1.82) is 0 Å². The monoisotopic (exact) mass is 276 g/mol. The van der Waals surface area contributed by atoms with Crippen LogP contribution in [0.25, 0.3) is 0 Å². The summed E-state index contributed by atoms with van der Waals surface area (Å²) in [5, 5.41) is 6.31. The van der Waals surface area contributed by atoms with E-state index in [0.717, 1.165) is 25.8 Å². The summed E-state index contributed by atoms with van der Waals surface area (Å²) >= 11 is 0. The van der Waals surface area contributed by atoms with Crippen LogP contribution in [0.4, 0.5) is 0 Å². The summed E-state index contributed by atoms with van der Waals surface area (Å²) in [7, 11) is 0. The van der Waals surface area contributed by atoms with Gasteiger partial charge in [-0.05, 0) is 26.2 Å². The summed E-state index contributed by atoms with van der Waals surface area (Å²) in [5.74, 6) is 0.0540. The predicted molar refractivity (Wildman–Crippen MR) is 68.9 cm³/mol. The Hall–Kier alpha value is -0.360. The van der Waals surface area contributed by atoms with Gasteiger partial charge >= 0.3 is 0 Å². The van der Waals surface area contributed by atoms with Crippen molar-refractivity contribution in [3.63, 3.8) is 0 Å². The normalized spacial score (nSPS) is 42.4. The quantitative estimate of drug-likeness (QED) is 0.758. The largest absolute Gasteiger partial charge is 0.375 e. The molecule has 5 atom stereocenters. The average molecular weight is 277 g/mol. The van der Waals surface area contributed by atoms with Gasteiger partial charge in [-0.3, -0.25) is 4.79 Å². The van der Waals surface area contributed by atoms with Crippen molar-refractivity contribution in [3.05, 3.63) is 0 Å². The molecule has 1 amide bonds. The summed E-state index contributed by atoms with van der Waals surface area (Å²) in [5.41, 5.74) is 0. The fraction of sp³-hybridized carbons (Fsp3) is 0.917. The highest BCUT2D eigenvalue weighted by molar-refractivity contribution is 5.85. The fourth-order valence-corrected chi connectivity index (χ4v) is 3.09. The molecule has 3 aliphatic rings. The molecule has 0 saturated carbocycles. The van der Waals surface area contributed by atoms with Crippen molar-refractivity contribution < 1.29 is 14.3 Å². The maximum absolute atomic E-state index is 12.1. The van der Waals surface area contributed by atoms with Gasteiger partial charge in [0.15, 0.2) is 0 Å². The maximum Gasteiger partial charge on any atom is 0.240 e. The molecule has 2 bridgehead atoms. The van der Waals surface area contributed by atoms with Crippen LogP contribution in [0.15, 0.2) is 0 Å². The molecule has 0 radical (unpaired) electrons. The van der Waals surface area contributed by atoms with E-state index in [0.29, 0.717) is 12.7 Å². The Bertz CT molecular complexity index is 316. The zero-order valence-electron chi connectivity index (χ0n) is 10.6. The van der Waals surface area contributed by atoms with Crippen LogP contribution in [0.3, 0.4) is 0 Å². The molecule has 3 saturated heterocycles. The van der Waals surface area contributed by atoms with Crippen LogP contribution < -0.4 is 10.6 Å². The number of hydrogen-bond donors (Lipinski definition) is 2. The van der Waals surface area contributed by atoms with Crippen LogP contribution in [-0.2, 0) is 14.3 Å². The Morgan fingerprint density at radius 1 is 1.39 bits per heavy atom. The zero-order chi connectivity index (χ0) is 11.8. The van der Waals surface area contributed by atoms with E-state index in [-0.39, 0.29) is 42.6 Å². The smallest absolute Gasteiger partial charge is 0.240 e. The minimum Gasteiger partial charge on any atom is -0.375 e. The fourth-order valence-electron chi connectivity index (χ4n) is 3.09. The highest BCUT2D eigenvalue weighted by Gasteiger charge is 2.42. The van der Waals surface area contributed by atoms with Crippen LogP contribution >= 0.6 is 12.4 Å². The number of hydrogen-bond acceptors (Lipinski definition) is 4. The van der Waals surface area contributed by atoms with Gasteiger partial charge in [-0.15, -0.1) is 12.4 Å². The minimum atomic E-state index is -0.220. The first-order chi connectivity index (χ1) is 8.24. The molecule has 3 rings (SSSR count). The number of carbonyl (C=O) groups excluding carboxylic acids is 1. The molecule has 3 aliphatic heterocycles. The van der Waals surface area contributed by atoms with E-state index in [2.05, 4.69) is 10.6 Å². The van der Waals surface area contributed by atoms with Gasteiger partial charge in [0.05, 0.1) is 31.0 Å².